The van der Waals surface area contributed by atoms with Crippen molar-refractivity contribution in [3.05, 3.63) is 0 Å². The van der Waals surface area contributed by atoms with Gasteiger partial charge < -0.3 is 15.0 Å². The minimum absolute atomic E-state index is 0.387. The van der Waals surface area contributed by atoms with Gasteiger partial charge >= 0.3 is 0 Å². The number of hydrogen-bond acceptors (Lipinski definition) is 3. The summed E-state index contributed by atoms with van der Waals surface area (Å²) in [6.07, 6.45) is 0.387. The molecule has 3 heteroatoms. The standard InChI is InChI=1S/C10H22N2O/c1-9(2)6-11-7-10-8-12(3)4-5-13-10/h9-11H,4-8H2,1-3H3. The van der Waals surface area contributed by atoms with Crippen LogP contribution >= 0.6 is 0 Å². The second-order valence-corrected chi connectivity index (χ2v) is 4.31. The van der Waals surface area contributed by atoms with Crippen LogP contribution in [0.4, 0.5) is 0 Å². The molecule has 0 bridgehead atoms. The molecule has 1 N–H and O–H groups in total. The molecule has 78 valence electrons. The Hall–Kier alpha value is -0.120. The van der Waals surface area contributed by atoms with Gasteiger partial charge in [-0.1, -0.05) is 13.8 Å². The van der Waals surface area contributed by atoms with E-state index < -0.39 is 0 Å². The number of nitrogens with one attached hydrogen (secondary N) is 1. The van der Waals surface area contributed by atoms with Crippen LogP contribution in [0.2, 0.25) is 0 Å². The second-order valence-electron chi connectivity index (χ2n) is 4.31. The number of likely N-dealkylation sites (N-methyl/N-ethyl adjacent to an activating group) is 1. The van der Waals surface area contributed by atoms with Crippen LogP contribution in [0.25, 0.3) is 0 Å². The minimum Gasteiger partial charge on any atom is -0.374 e. The van der Waals surface area contributed by atoms with Crippen molar-refractivity contribution in [3.63, 3.8) is 0 Å². The number of ether oxygens (including phenoxy) is 1. The lowest BCUT2D eigenvalue weighted by atomic mass is 10.2. The molecule has 1 heterocycles. The van der Waals surface area contributed by atoms with Crippen molar-refractivity contribution in [2.45, 2.75) is 20.0 Å². The predicted molar refractivity (Wildman–Crippen MR) is 54.9 cm³/mol. The molecule has 0 saturated carbocycles. The predicted octanol–water partition coefficient (Wildman–Crippen LogP) is 0.563. The molecule has 1 fully saturated rings. The first-order valence-corrected chi connectivity index (χ1v) is 5.19. The lowest BCUT2D eigenvalue weighted by Gasteiger charge is -2.30. The van der Waals surface area contributed by atoms with Crippen LogP contribution in [0.5, 0.6) is 0 Å². The molecule has 1 unspecified atom stereocenters. The van der Waals surface area contributed by atoms with E-state index in [0.717, 1.165) is 38.7 Å². The van der Waals surface area contributed by atoms with E-state index in [2.05, 4.69) is 31.1 Å². The Labute approximate surface area is 81.4 Å². The molecular weight excluding hydrogens is 164 g/mol. The number of morpholine rings is 1. The van der Waals surface area contributed by atoms with E-state index in [-0.39, 0.29) is 0 Å². The Morgan fingerprint density at radius 2 is 2.31 bits per heavy atom. The SMILES string of the molecule is CC(C)CNCC1CN(C)CCO1. The van der Waals surface area contributed by atoms with E-state index in [9.17, 15) is 0 Å². The summed E-state index contributed by atoms with van der Waals surface area (Å²) in [7, 11) is 2.15. The fourth-order valence-corrected chi connectivity index (χ4v) is 1.52. The summed E-state index contributed by atoms with van der Waals surface area (Å²) >= 11 is 0. The molecule has 1 aliphatic rings. The topological polar surface area (TPSA) is 24.5 Å². The van der Waals surface area contributed by atoms with E-state index in [1.165, 1.54) is 0 Å². The highest BCUT2D eigenvalue weighted by Crippen LogP contribution is 2.01. The van der Waals surface area contributed by atoms with Gasteiger partial charge in [-0.25, -0.2) is 0 Å². The number of rotatable bonds is 4. The summed E-state index contributed by atoms with van der Waals surface area (Å²) in [5.41, 5.74) is 0. The zero-order chi connectivity index (χ0) is 9.68. The summed E-state index contributed by atoms with van der Waals surface area (Å²) < 4.78 is 5.63. The van der Waals surface area contributed by atoms with Crippen LogP contribution in [0.3, 0.4) is 0 Å². The van der Waals surface area contributed by atoms with Crippen LogP contribution in [0, 0.1) is 5.92 Å². The van der Waals surface area contributed by atoms with Crippen LogP contribution in [0.1, 0.15) is 13.8 Å². The van der Waals surface area contributed by atoms with Gasteiger partial charge in [-0.2, -0.15) is 0 Å². The smallest absolute Gasteiger partial charge is 0.0826 e. The van der Waals surface area contributed by atoms with E-state index in [1.807, 2.05) is 0 Å². The highest BCUT2D eigenvalue weighted by atomic mass is 16.5. The molecule has 0 aromatic heterocycles. The van der Waals surface area contributed by atoms with Crippen molar-refractivity contribution in [2.75, 3.05) is 39.8 Å². The molecule has 1 aliphatic heterocycles. The van der Waals surface area contributed by atoms with Gasteiger partial charge in [-0.05, 0) is 19.5 Å². The minimum atomic E-state index is 0.387. The Morgan fingerprint density at radius 1 is 1.54 bits per heavy atom. The molecule has 0 aliphatic carbocycles. The van der Waals surface area contributed by atoms with Gasteiger partial charge in [0.15, 0.2) is 0 Å². The first-order chi connectivity index (χ1) is 6.18. The number of nitrogens with zero attached hydrogens (tertiary/aromatic N) is 1. The van der Waals surface area contributed by atoms with Crippen molar-refractivity contribution in [3.8, 4) is 0 Å². The molecule has 1 rings (SSSR count). The molecule has 1 atom stereocenters. The third-order valence-corrected chi connectivity index (χ3v) is 2.27. The van der Waals surface area contributed by atoms with Crippen molar-refractivity contribution in [1.29, 1.82) is 0 Å². The van der Waals surface area contributed by atoms with Crippen LogP contribution in [-0.2, 0) is 4.74 Å². The summed E-state index contributed by atoms with van der Waals surface area (Å²) in [5.74, 6) is 0.723. The van der Waals surface area contributed by atoms with Gasteiger partial charge in [0.1, 0.15) is 0 Å². The van der Waals surface area contributed by atoms with Crippen molar-refractivity contribution in [2.24, 2.45) is 5.92 Å². The average Bonchev–Trinajstić information content (AvgIpc) is 2.03. The van der Waals surface area contributed by atoms with E-state index in [4.69, 9.17) is 4.74 Å². The maximum absolute atomic E-state index is 5.63. The fraction of sp³-hybridized carbons (Fsp3) is 1.00. The van der Waals surface area contributed by atoms with Gasteiger partial charge in [0, 0.05) is 19.6 Å². The molecule has 0 spiro atoms. The molecule has 0 aromatic rings. The largest absolute Gasteiger partial charge is 0.374 e. The average molecular weight is 186 g/mol. The van der Waals surface area contributed by atoms with Gasteiger partial charge in [-0.15, -0.1) is 0 Å². The van der Waals surface area contributed by atoms with E-state index in [1.54, 1.807) is 0 Å². The Morgan fingerprint density at radius 3 is 2.92 bits per heavy atom. The zero-order valence-electron chi connectivity index (χ0n) is 9.05. The lowest BCUT2D eigenvalue weighted by molar-refractivity contribution is -0.0182. The second kappa shape index (κ2) is 5.58. The monoisotopic (exact) mass is 186 g/mol. The fourth-order valence-electron chi connectivity index (χ4n) is 1.52. The van der Waals surface area contributed by atoms with Crippen LogP contribution < -0.4 is 5.32 Å². The highest BCUT2D eigenvalue weighted by Gasteiger charge is 2.16. The molecule has 0 aromatic carbocycles. The third-order valence-electron chi connectivity index (χ3n) is 2.27. The van der Waals surface area contributed by atoms with Crippen molar-refractivity contribution in [1.82, 2.24) is 10.2 Å². The summed E-state index contributed by atoms with van der Waals surface area (Å²) in [4.78, 5) is 2.32. The molecule has 3 nitrogen and oxygen atoms in total. The molecule has 0 amide bonds. The maximum Gasteiger partial charge on any atom is 0.0826 e. The molecular formula is C10H22N2O. The Balaban J connectivity index is 2.06. The van der Waals surface area contributed by atoms with Gasteiger partial charge in [-0.3, -0.25) is 0 Å². The Bertz CT molecular complexity index is 139. The van der Waals surface area contributed by atoms with Gasteiger partial charge in [0.05, 0.1) is 12.7 Å². The lowest BCUT2D eigenvalue weighted by Crippen LogP contribution is -2.45. The van der Waals surface area contributed by atoms with E-state index in [0.29, 0.717) is 6.10 Å². The van der Waals surface area contributed by atoms with Gasteiger partial charge in [0.2, 0.25) is 0 Å². The normalized spacial score (nSPS) is 25.4. The first-order valence-electron chi connectivity index (χ1n) is 5.19. The van der Waals surface area contributed by atoms with Crippen molar-refractivity contribution < 1.29 is 4.74 Å². The van der Waals surface area contributed by atoms with E-state index >= 15 is 0 Å². The molecule has 13 heavy (non-hydrogen) atoms. The van der Waals surface area contributed by atoms with Crippen molar-refractivity contribution >= 4 is 0 Å². The highest BCUT2D eigenvalue weighted by molar-refractivity contribution is 4.71. The van der Waals surface area contributed by atoms with Gasteiger partial charge in [0.25, 0.3) is 0 Å². The summed E-state index contributed by atoms with van der Waals surface area (Å²) in [6.45, 7) is 9.53. The molecule has 0 radical (unpaired) electrons. The maximum atomic E-state index is 5.63. The first kappa shape index (κ1) is 11.0. The third kappa shape index (κ3) is 4.60. The Kier molecular flexibility index (Phi) is 4.70. The van der Waals surface area contributed by atoms with Crippen LogP contribution in [-0.4, -0.2) is 50.8 Å². The van der Waals surface area contributed by atoms with Crippen LogP contribution in [0.15, 0.2) is 0 Å². The summed E-state index contributed by atoms with van der Waals surface area (Å²) in [6, 6.07) is 0. The zero-order valence-corrected chi connectivity index (χ0v) is 9.05. The summed E-state index contributed by atoms with van der Waals surface area (Å²) in [5, 5.41) is 3.42. The quantitative estimate of drug-likeness (QED) is 0.694. The molecule has 1 saturated heterocycles. The number of hydrogen-bond donors (Lipinski definition) is 1.